The first-order valence-corrected chi connectivity index (χ1v) is 6.89. The maximum atomic E-state index is 6.15. The second kappa shape index (κ2) is 5.52. The Labute approximate surface area is 109 Å². The van der Waals surface area contributed by atoms with Crippen molar-refractivity contribution in [1.82, 2.24) is 5.43 Å². The summed E-state index contributed by atoms with van der Waals surface area (Å²) in [6, 6.07) is 1.91. The molecule has 88 valence electrons. The molecule has 1 aromatic rings. The predicted octanol–water partition coefficient (Wildman–Crippen LogP) is 4.06. The molecule has 0 spiro atoms. The molecule has 1 aromatic heterocycles. The second-order valence-corrected chi connectivity index (χ2v) is 6.19. The van der Waals surface area contributed by atoms with Crippen LogP contribution in [0.2, 0.25) is 8.67 Å². The summed E-state index contributed by atoms with van der Waals surface area (Å²) in [5.74, 6) is 5.63. The van der Waals surface area contributed by atoms with E-state index < -0.39 is 0 Å². The maximum absolute atomic E-state index is 6.15. The molecule has 0 amide bonds. The molecule has 2 nitrogen and oxygen atoms in total. The molecule has 0 aliphatic heterocycles. The molecule has 16 heavy (non-hydrogen) atoms. The number of allylic oxidation sites excluding steroid dienone is 1. The van der Waals surface area contributed by atoms with Crippen LogP contribution in [0.1, 0.15) is 37.3 Å². The Bertz CT molecular complexity index is 401. The van der Waals surface area contributed by atoms with E-state index in [-0.39, 0.29) is 6.04 Å². The van der Waals surface area contributed by atoms with Crippen molar-refractivity contribution < 1.29 is 0 Å². The van der Waals surface area contributed by atoms with Crippen LogP contribution in [-0.4, -0.2) is 0 Å². The third-order valence-corrected chi connectivity index (χ3v) is 4.38. The van der Waals surface area contributed by atoms with Crippen molar-refractivity contribution in [3.05, 3.63) is 32.0 Å². The lowest BCUT2D eigenvalue weighted by molar-refractivity contribution is 0.567. The van der Waals surface area contributed by atoms with E-state index in [1.54, 1.807) is 0 Å². The van der Waals surface area contributed by atoms with Crippen molar-refractivity contribution in [2.45, 2.75) is 31.7 Å². The first kappa shape index (κ1) is 12.4. The van der Waals surface area contributed by atoms with Crippen LogP contribution >= 0.6 is 34.5 Å². The summed E-state index contributed by atoms with van der Waals surface area (Å²) in [6.07, 6.45) is 6.95. The summed E-state index contributed by atoms with van der Waals surface area (Å²) in [5.41, 5.74) is 5.15. The molecular formula is C11H14Cl2N2S. The fourth-order valence-electron chi connectivity index (χ4n) is 2.07. The fourth-order valence-corrected chi connectivity index (χ4v) is 3.60. The molecule has 0 radical (unpaired) electrons. The van der Waals surface area contributed by atoms with Gasteiger partial charge in [0.1, 0.15) is 0 Å². The van der Waals surface area contributed by atoms with Crippen molar-refractivity contribution in [3.8, 4) is 0 Å². The molecule has 5 heteroatoms. The summed E-state index contributed by atoms with van der Waals surface area (Å²) in [6.45, 7) is 0. The van der Waals surface area contributed by atoms with Gasteiger partial charge in [-0.05, 0) is 31.7 Å². The van der Waals surface area contributed by atoms with Crippen LogP contribution < -0.4 is 11.3 Å². The summed E-state index contributed by atoms with van der Waals surface area (Å²) in [4.78, 5) is 0. The van der Waals surface area contributed by atoms with E-state index in [0.29, 0.717) is 4.34 Å². The molecular weight excluding hydrogens is 263 g/mol. The number of hydrogen-bond donors (Lipinski definition) is 2. The Hall–Kier alpha value is -0.0600. The van der Waals surface area contributed by atoms with Gasteiger partial charge in [-0.25, -0.2) is 5.43 Å². The molecule has 2 rings (SSSR count). The highest BCUT2D eigenvalue weighted by Gasteiger charge is 2.21. The van der Waals surface area contributed by atoms with E-state index in [2.05, 4.69) is 11.5 Å². The van der Waals surface area contributed by atoms with E-state index in [1.165, 1.54) is 29.8 Å². The Morgan fingerprint density at radius 1 is 1.38 bits per heavy atom. The molecule has 3 N–H and O–H groups in total. The number of hydrogen-bond acceptors (Lipinski definition) is 3. The van der Waals surface area contributed by atoms with Crippen LogP contribution in [0.25, 0.3) is 0 Å². The van der Waals surface area contributed by atoms with Gasteiger partial charge in [-0.15, -0.1) is 11.3 Å². The third kappa shape index (κ3) is 2.60. The number of nitrogens with one attached hydrogen (secondary N) is 1. The first-order chi connectivity index (χ1) is 7.72. The van der Waals surface area contributed by atoms with Gasteiger partial charge in [0.15, 0.2) is 0 Å². The Morgan fingerprint density at radius 3 is 2.69 bits per heavy atom. The Balaban J connectivity index is 2.28. The minimum atomic E-state index is 0.0107. The van der Waals surface area contributed by atoms with Gasteiger partial charge in [-0.2, -0.15) is 0 Å². The lowest BCUT2D eigenvalue weighted by Gasteiger charge is -2.22. The van der Waals surface area contributed by atoms with E-state index >= 15 is 0 Å². The highest BCUT2D eigenvalue weighted by atomic mass is 35.5. The minimum absolute atomic E-state index is 0.0107. The van der Waals surface area contributed by atoms with Gasteiger partial charge >= 0.3 is 0 Å². The molecule has 1 heterocycles. The molecule has 1 aliphatic rings. The predicted molar refractivity (Wildman–Crippen MR) is 71.0 cm³/mol. The van der Waals surface area contributed by atoms with Gasteiger partial charge in [-0.1, -0.05) is 34.9 Å². The number of thiophene rings is 1. The monoisotopic (exact) mass is 276 g/mol. The quantitative estimate of drug-likeness (QED) is 0.496. The van der Waals surface area contributed by atoms with Gasteiger partial charge in [0.2, 0.25) is 0 Å². The van der Waals surface area contributed by atoms with Crippen LogP contribution in [0.5, 0.6) is 0 Å². The lowest BCUT2D eigenvalue weighted by atomic mass is 9.91. The average Bonchev–Trinajstić information content (AvgIpc) is 2.61. The van der Waals surface area contributed by atoms with Crippen LogP contribution in [-0.2, 0) is 0 Å². The molecule has 0 saturated carbocycles. The SMILES string of the molecule is NNC(C1=CCCCC1)c1cc(Cl)sc1Cl. The largest absolute Gasteiger partial charge is 0.271 e. The Morgan fingerprint density at radius 2 is 2.19 bits per heavy atom. The second-order valence-electron chi connectivity index (χ2n) is 3.90. The molecule has 0 fully saturated rings. The first-order valence-electron chi connectivity index (χ1n) is 5.32. The number of hydrazine groups is 1. The zero-order valence-corrected chi connectivity index (χ0v) is 11.1. The summed E-state index contributed by atoms with van der Waals surface area (Å²) in [7, 11) is 0. The van der Waals surface area contributed by atoms with Crippen molar-refractivity contribution in [2.24, 2.45) is 5.84 Å². The van der Waals surface area contributed by atoms with E-state index in [1.807, 2.05) is 6.07 Å². The standard InChI is InChI=1S/C11H14Cl2N2S/c12-9-6-8(11(13)16-9)10(15-14)7-4-2-1-3-5-7/h4,6,10,15H,1-3,5,14H2. The summed E-state index contributed by atoms with van der Waals surface area (Å²) >= 11 is 13.5. The average molecular weight is 277 g/mol. The minimum Gasteiger partial charge on any atom is -0.271 e. The molecule has 1 atom stereocenters. The number of halogens is 2. The zero-order valence-electron chi connectivity index (χ0n) is 8.80. The highest BCUT2D eigenvalue weighted by Crippen LogP contribution is 2.39. The smallest absolute Gasteiger partial charge is 0.0995 e. The van der Waals surface area contributed by atoms with Gasteiger partial charge in [0.05, 0.1) is 14.7 Å². The summed E-state index contributed by atoms with van der Waals surface area (Å²) < 4.78 is 1.43. The van der Waals surface area contributed by atoms with Crippen molar-refractivity contribution in [3.63, 3.8) is 0 Å². The van der Waals surface area contributed by atoms with Gasteiger partial charge in [0, 0.05) is 5.56 Å². The van der Waals surface area contributed by atoms with Crippen LogP contribution in [0.4, 0.5) is 0 Å². The van der Waals surface area contributed by atoms with E-state index in [0.717, 1.165) is 22.7 Å². The molecule has 1 unspecified atom stereocenters. The van der Waals surface area contributed by atoms with Gasteiger partial charge in [0.25, 0.3) is 0 Å². The van der Waals surface area contributed by atoms with E-state index in [9.17, 15) is 0 Å². The molecule has 0 aromatic carbocycles. The third-order valence-electron chi connectivity index (χ3n) is 2.86. The van der Waals surface area contributed by atoms with Gasteiger partial charge in [-0.3, -0.25) is 5.84 Å². The highest BCUT2D eigenvalue weighted by molar-refractivity contribution is 7.20. The fraction of sp³-hybridized carbons (Fsp3) is 0.455. The number of nitrogens with two attached hydrogens (primary N) is 1. The lowest BCUT2D eigenvalue weighted by Crippen LogP contribution is -2.29. The zero-order chi connectivity index (χ0) is 11.5. The molecule has 1 aliphatic carbocycles. The molecule has 0 bridgehead atoms. The van der Waals surface area contributed by atoms with Crippen molar-refractivity contribution in [1.29, 1.82) is 0 Å². The van der Waals surface area contributed by atoms with Crippen LogP contribution in [0.3, 0.4) is 0 Å². The molecule has 0 saturated heterocycles. The van der Waals surface area contributed by atoms with Gasteiger partial charge < -0.3 is 0 Å². The number of rotatable bonds is 3. The van der Waals surface area contributed by atoms with Crippen LogP contribution in [0.15, 0.2) is 17.7 Å². The van der Waals surface area contributed by atoms with E-state index in [4.69, 9.17) is 29.0 Å². The van der Waals surface area contributed by atoms with Crippen molar-refractivity contribution in [2.75, 3.05) is 0 Å². The maximum Gasteiger partial charge on any atom is 0.0995 e. The van der Waals surface area contributed by atoms with Crippen molar-refractivity contribution >= 4 is 34.5 Å². The topological polar surface area (TPSA) is 38.0 Å². The van der Waals surface area contributed by atoms with Crippen LogP contribution in [0, 0.1) is 0 Å². The normalized spacial score (nSPS) is 18.3. The Kier molecular flexibility index (Phi) is 4.27. The summed E-state index contributed by atoms with van der Waals surface area (Å²) in [5, 5.41) is 0.